The molecule has 1 aliphatic heterocycles. The van der Waals surface area contributed by atoms with Crippen LogP contribution in [-0.4, -0.2) is 57.4 Å². The molecule has 0 aromatic heterocycles. The van der Waals surface area contributed by atoms with Crippen molar-refractivity contribution in [3.63, 3.8) is 0 Å². The van der Waals surface area contributed by atoms with Gasteiger partial charge in [-0.3, -0.25) is 4.79 Å². The van der Waals surface area contributed by atoms with Crippen molar-refractivity contribution in [1.29, 1.82) is 0 Å². The van der Waals surface area contributed by atoms with Gasteiger partial charge in [0.05, 0.1) is 24.6 Å². The second-order valence-corrected chi connectivity index (χ2v) is 6.10. The van der Waals surface area contributed by atoms with Crippen LogP contribution in [0.25, 0.3) is 0 Å². The van der Waals surface area contributed by atoms with E-state index in [-0.39, 0.29) is 0 Å². The number of carbonyl (C=O) groups excluding carboxylic acids is 1. The van der Waals surface area contributed by atoms with Crippen molar-refractivity contribution in [2.75, 3.05) is 61.3 Å². The number of morpholine rings is 1. The van der Waals surface area contributed by atoms with Crippen LogP contribution in [-0.2, 0) is 9.53 Å². The molecule has 6 heteroatoms. The number of rotatable bonds is 7. The van der Waals surface area contributed by atoms with E-state index in [1.54, 1.807) is 16.7 Å². The van der Waals surface area contributed by atoms with Crippen LogP contribution >= 0.6 is 11.8 Å². The molecule has 0 aliphatic carbocycles. The number of hydrogen-bond acceptors (Lipinski definition) is 4. The van der Waals surface area contributed by atoms with Crippen LogP contribution in [0.15, 0.2) is 24.3 Å². The average Bonchev–Trinajstić information content (AvgIpc) is 2.59. The number of nitrogens with zero attached hydrogens (tertiary/aromatic N) is 2. The maximum Gasteiger partial charge on any atom is 0.258 e. The molecule has 0 N–H and O–H groups in total. The highest BCUT2D eigenvalue weighted by Gasteiger charge is 2.21. The minimum Gasteiger partial charge on any atom is -0.378 e. The topological polar surface area (TPSA) is 32.8 Å². The Morgan fingerprint density at radius 1 is 1.36 bits per heavy atom. The van der Waals surface area contributed by atoms with Crippen LogP contribution in [0.2, 0.25) is 0 Å². The largest absolute Gasteiger partial charge is 0.378 e. The number of para-hydroxylation sites is 2. The van der Waals surface area contributed by atoms with E-state index in [1.165, 1.54) is 0 Å². The zero-order chi connectivity index (χ0) is 15.8. The predicted octanol–water partition coefficient (Wildman–Crippen LogP) is 2.58. The van der Waals surface area contributed by atoms with Gasteiger partial charge in [0.25, 0.3) is 5.91 Å². The summed E-state index contributed by atoms with van der Waals surface area (Å²) < 4.78 is 18.4. The van der Waals surface area contributed by atoms with E-state index in [1.807, 2.05) is 30.5 Å². The number of halogens is 1. The third kappa shape index (κ3) is 4.36. The first-order valence-corrected chi connectivity index (χ1v) is 8.94. The molecule has 0 atom stereocenters. The zero-order valence-corrected chi connectivity index (χ0v) is 13.8. The smallest absolute Gasteiger partial charge is 0.258 e. The highest BCUT2D eigenvalue weighted by atomic mass is 32.2. The van der Waals surface area contributed by atoms with Gasteiger partial charge in [-0.25, -0.2) is 4.39 Å². The summed E-state index contributed by atoms with van der Waals surface area (Å²) in [7, 11) is 0. The Morgan fingerprint density at radius 3 is 2.77 bits per heavy atom. The molecule has 1 aromatic rings. The standard InChI is InChI=1S/C16H23FN2O2S/c1-22-12-4-7-19(16(20)13-17)15-6-3-2-5-14(15)18-8-10-21-11-9-18/h2-3,5-6H,4,7-13H2,1H3. The molecule has 0 saturated carbocycles. The molecular formula is C16H23FN2O2S. The first-order chi connectivity index (χ1) is 10.8. The quantitative estimate of drug-likeness (QED) is 0.721. The van der Waals surface area contributed by atoms with Gasteiger partial charge in [-0.1, -0.05) is 12.1 Å². The Hall–Kier alpha value is -1.27. The first-order valence-electron chi connectivity index (χ1n) is 7.55. The molecule has 0 bridgehead atoms. The lowest BCUT2D eigenvalue weighted by molar-refractivity contribution is -0.119. The number of amides is 1. The minimum absolute atomic E-state index is 0.471. The fraction of sp³-hybridized carbons (Fsp3) is 0.562. The van der Waals surface area contributed by atoms with E-state index in [0.717, 1.165) is 36.6 Å². The van der Waals surface area contributed by atoms with Gasteiger partial charge in [0.15, 0.2) is 6.67 Å². The monoisotopic (exact) mass is 326 g/mol. The second-order valence-electron chi connectivity index (χ2n) is 5.11. The van der Waals surface area contributed by atoms with Crippen LogP contribution in [0.1, 0.15) is 6.42 Å². The number of thioether (sulfide) groups is 1. The number of carbonyl (C=O) groups is 1. The van der Waals surface area contributed by atoms with Gasteiger partial charge in [0, 0.05) is 19.6 Å². The van der Waals surface area contributed by atoms with Crippen molar-refractivity contribution in [2.24, 2.45) is 0 Å². The maximum absolute atomic E-state index is 13.0. The molecule has 1 aliphatic rings. The summed E-state index contributed by atoms with van der Waals surface area (Å²) >= 11 is 1.73. The van der Waals surface area contributed by atoms with Crippen molar-refractivity contribution in [3.8, 4) is 0 Å². The maximum atomic E-state index is 13.0. The Balaban J connectivity index is 2.23. The van der Waals surface area contributed by atoms with Crippen molar-refractivity contribution >= 4 is 29.0 Å². The lowest BCUT2D eigenvalue weighted by Gasteiger charge is -2.33. The van der Waals surface area contributed by atoms with Crippen molar-refractivity contribution in [2.45, 2.75) is 6.42 Å². The highest BCUT2D eigenvalue weighted by molar-refractivity contribution is 7.98. The predicted molar refractivity (Wildman–Crippen MR) is 90.8 cm³/mol. The molecule has 1 heterocycles. The van der Waals surface area contributed by atoms with Crippen LogP contribution in [0.5, 0.6) is 0 Å². The number of ether oxygens (including phenoxy) is 1. The summed E-state index contributed by atoms with van der Waals surface area (Å²) in [6.45, 7) is 2.52. The van der Waals surface area contributed by atoms with Gasteiger partial charge < -0.3 is 14.5 Å². The number of hydrogen-bond donors (Lipinski definition) is 0. The Labute approximate surface area is 135 Å². The lowest BCUT2D eigenvalue weighted by Crippen LogP contribution is -2.39. The molecule has 4 nitrogen and oxygen atoms in total. The molecule has 0 unspecified atom stereocenters. The van der Waals surface area contributed by atoms with Crippen LogP contribution < -0.4 is 9.80 Å². The van der Waals surface area contributed by atoms with Crippen molar-refractivity contribution in [3.05, 3.63) is 24.3 Å². The van der Waals surface area contributed by atoms with Gasteiger partial charge >= 0.3 is 0 Å². The van der Waals surface area contributed by atoms with Gasteiger partial charge in [-0.05, 0) is 30.6 Å². The fourth-order valence-electron chi connectivity index (χ4n) is 2.58. The SMILES string of the molecule is CSCCCN(C(=O)CF)c1ccccc1N1CCOCC1. The summed E-state index contributed by atoms with van der Waals surface area (Å²) in [6.07, 6.45) is 2.88. The third-order valence-corrected chi connectivity index (χ3v) is 4.37. The number of anilines is 2. The minimum atomic E-state index is -0.962. The summed E-state index contributed by atoms with van der Waals surface area (Å²) in [5.41, 5.74) is 1.78. The van der Waals surface area contributed by atoms with E-state index in [9.17, 15) is 9.18 Å². The first kappa shape index (κ1) is 17.1. The van der Waals surface area contributed by atoms with E-state index >= 15 is 0 Å². The Bertz CT molecular complexity index is 481. The van der Waals surface area contributed by atoms with E-state index < -0.39 is 12.6 Å². The zero-order valence-electron chi connectivity index (χ0n) is 13.0. The van der Waals surface area contributed by atoms with Gasteiger partial charge in [-0.2, -0.15) is 11.8 Å². The number of benzene rings is 1. The van der Waals surface area contributed by atoms with Gasteiger partial charge in [0.1, 0.15) is 0 Å². The van der Waals surface area contributed by atoms with E-state index in [2.05, 4.69) is 4.90 Å². The molecule has 22 heavy (non-hydrogen) atoms. The van der Waals surface area contributed by atoms with Crippen molar-refractivity contribution in [1.82, 2.24) is 0 Å². The summed E-state index contributed by atoms with van der Waals surface area (Å²) in [5, 5.41) is 0. The van der Waals surface area contributed by atoms with Crippen LogP contribution in [0, 0.1) is 0 Å². The molecule has 1 amide bonds. The van der Waals surface area contributed by atoms with Crippen molar-refractivity contribution < 1.29 is 13.9 Å². The van der Waals surface area contributed by atoms with E-state index in [0.29, 0.717) is 19.8 Å². The molecular weight excluding hydrogens is 303 g/mol. The molecule has 122 valence electrons. The third-order valence-electron chi connectivity index (χ3n) is 3.67. The number of alkyl halides is 1. The van der Waals surface area contributed by atoms with Crippen LogP contribution in [0.3, 0.4) is 0 Å². The van der Waals surface area contributed by atoms with Gasteiger partial charge in [0.2, 0.25) is 0 Å². The molecule has 0 radical (unpaired) electrons. The molecule has 1 saturated heterocycles. The fourth-order valence-corrected chi connectivity index (χ4v) is 3.00. The summed E-state index contributed by atoms with van der Waals surface area (Å²) in [6, 6.07) is 7.74. The van der Waals surface area contributed by atoms with Crippen LogP contribution in [0.4, 0.5) is 15.8 Å². The van der Waals surface area contributed by atoms with Gasteiger partial charge in [-0.15, -0.1) is 0 Å². The summed E-state index contributed by atoms with van der Waals surface area (Å²) in [4.78, 5) is 15.8. The normalized spacial score (nSPS) is 14.9. The molecule has 1 aromatic carbocycles. The Morgan fingerprint density at radius 2 is 2.09 bits per heavy atom. The summed E-state index contributed by atoms with van der Waals surface area (Å²) in [5.74, 6) is 0.484. The molecule has 1 fully saturated rings. The average molecular weight is 326 g/mol. The molecule has 0 spiro atoms. The lowest BCUT2D eigenvalue weighted by atomic mass is 10.2. The second kappa shape index (κ2) is 9.00. The van der Waals surface area contributed by atoms with E-state index in [4.69, 9.17) is 4.74 Å². The Kier molecular flexibility index (Phi) is 6.99. The molecule has 2 rings (SSSR count). The highest BCUT2D eigenvalue weighted by Crippen LogP contribution is 2.30.